The number of aromatic nitrogens is 3. The van der Waals surface area contributed by atoms with Crippen LogP contribution in [-0.4, -0.2) is 45.8 Å². The summed E-state index contributed by atoms with van der Waals surface area (Å²) in [5.74, 6) is 1.94. The first-order valence-electron chi connectivity index (χ1n) is 6.89. The minimum atomic E-state index is -0.206. The maximum Gasteiger partial charge on any atom is 0.245 e. The molecule has 1 atom stereocenters. The second-order valence-electron chi connectivity index (χ2n) is 4.93. The van der Waals surface area contributed by atoms with Crippen LogP contribution in [0.2, 0.25) is 0 Å². The number of unbranched alkanes of at least 4 members (excludes halogenated alkanes) is 1. The lowest BCUT2D eigenvalue weighted by Crippen LogP contribution is -2.43. The lowest BCUT2D eigenvalue weighted by Gasteiger charge is -2.31. The maximum absolute atomic E-state index is 12.3. The molecule has 106 valence electrons. The Kier molecular flexibility index (Phi) is 4.52. The molecule has 0 fully saturated rings. The van der Waals surface area contributed by atoms with Gasteiger partial charge in [-0.2, -0.15) is 0 Å². The number of ether oxygens (including phenoxy) is 1. The Hall–Kier alpha value is -1.43. The average molecular weight is 266 g/mol. The number of carbonyl (C=O) groups is 1. The second kappa shape index (κ2) is 6.14. The zero-order valence-corrected chi connectivity index (χ0v) is 11.9. The van der Waals surface area contributed by atoms with E-state index in [1.807, 2.05) is 11.5 Å². The topological polar surface area (TPSA) is 60.2 Å². The number of carbonyl (C=O) groups excluding carboxylic acids is 1. The molecule has 6 nitrogen and oxygen atoms in total. The SMILES string of the molecule is CCCCc1nnc2n1[C@@H](C)C(=O)N(CCOC)C2. The smallest absolute Gasteiger partial charge is 0.245 e. The van der Waals surface area contributed by atoms with Crippen molar-refractivity contribution in [3.05, 3.63) is 11.6 Å². The summed E-state index contributed by atoms with van der Waals surface area (Å²) in [6.45, 7) is 5.76. The first-order chi connectivity index (χ1) is 9.19. The van der Waals surface area contributed by atoms with Crippen LogP contribution in [0.5, 0.6) is 0 Å². The van der Waals surface area contributed by atoms with Crippen molar-refractivity contribution in [1.29, 1.82) is 0 Å². The van der Waals surface area contributed by atoms with Crippen molar-refractivity contribution >= 4 is 5.91 Å². The van der Waals surface area contributed by atoms with E-state index in [-0.39, 0.29) is 11.9 Å². The molecule has 0 spiro atoms. The summed E-state index contributed by atoms with van der Waals surface area (Å²) in [6.07, 6.45) is 3.08. The van der Waals surface area contributed by atoms with Crippen LogP contribution in [0.15, 0.2) is 0 Å². The van der Waals surface area contributed by atoms with E-state index in [2.05, 4.69) is 17.1 Å². The molecular formula is C13H22N4O2. The molecule has 1 aromatic rings. The van der Waals surface area contributed by atoms with E-state index in [0.717, 1.165) is 30.9 Å². The van der Waals surface area contributed by atoms with E-state index in [9.17, 15) is 4.79 Å². The third-order valence-corrected chi connectivity index (χ3v) is 3.54. The zero-order valence-electron chi connectivity index (χ0n) is 11.9. The van der Waals surface area contributed by atoms with Crippen molar-refractivity contribution in [3.63, 3.8) is 0 Å². The molecule has 0 aliphatic carbocycles. The number of methoxy groups -OCH3 is 1. The van der Waals surface area contributed by atoms with Crippen molar-refractivity contribution < 1.29 is 9.53 Å². The van der Waals surface area contributed by atoms with Gasteiger partial charge in [-0.3, -0.25) is 4.79 Å². The highest BCUT2D eigenvalue weighted by Gasteiger charge is 2.32. The predicted octanol–water partition coefficient (Wildman–Crippen LogP) is 1.17. The molecule has 1 aromatic heterocycles. The molecule has 0 aromatic carbocycles. The van der Waals surface area contributed by atoms with Crippen LogP contribution in [-0.2, 0) is 22.5 Å². The molecule has 0 bridgehead atoms. The van der Waals surface area contributed by atoms with Gasteiger partial charge in [0.1, 0.15) is 11.9 Å². The number of hydrogen-bond donors (Lipinski definition) is 0. The molecule has 1 aliphatic heterocycles. The largest absolute Gasteiger partial charge is 0.383 e. The highest BCUT2D eigenvalue weighted by atomic mass is 16.5. The van der Waals surface area contributed by atoms with Crippen molar-refractivity contribution in [3.8, 4) is 0 Å². The Balaban J connectivity index is 2.17. The Morgan fingerprint density at radius 2 is 2.21 bits per heavy atom. The number of nitrogens with zero attached hydrogens (tertiary/aromatic N) is 4. The van der Waals surface area contributed by atoms with Gasteiger partial charge in [-0.15, -0.1) is 10.2 Å². The van der Waals surface area contributed by atoms with Crippen LogP contribution in [0.4, 0.5) is 0 Å². The van der Waals surface area contributed by atoms with Crippen LogP contribution in [0, 0.1) is 0 Å². The third kappa shape index (κ3) is 2.78. The van der Waals surface area contributed by atoms with Gasteiger partial charge in [-0.05, 0) is 13.3 Å². The summed E-state index contributed by atoms with van der Waals surface area (Å²) < 4.78 is 7.04. The normalized spacial score (nSPS) is 18.8. The maximum atomic E-state index is 12.3. The molecule has 6 heteroatoms. The fourth-order valence-corrected chi connectivity index (χ4v) is 2.44. The van der Waals surface area contributed by atoms with Crippen LogP contribution in [0.3, 0.4) is 0 Å². The summed E-state index contributed by atoms with van der Waals surface area (Å²) >= 11 is 0. The van der Waals surface area contributed by atoms with Crippen LogP contribution in [0.1, 0.15) is 44.4 Å². The Labute approximate surface area is 113 Å². The summed E-state index contributed by atoms with van der Waals surface area (Å²) in [5.41, 5.74) is 0. The molecular weight excluding hydrogens is 244 g/mol. The molecule has 0 radical (unpaired) electrons. The van der Waals surface area contributed by atoms with E-state index in [1.54, 1.807) is 12.0 Å². The summed E-state index contributed by atoms with van der Waals surface area (Å²) in [7, 11) is 1.64. The standard InChI is InChI=1S/C13H22N4O2/c1-4-5-6-11-14-15-12-9-16(7-8-19-3)13(18)10(2)17(11)12/h10H,4-9H2,1-3H3/t10-/m0/s1. The predicted molar refractivity (Wildman–Crippen MR) is 70.6 cm³/mol. The molecule has 1 aliphatic rings. The number of hydrogen-bond acceptors (Lipinski definition) is 4. The minimum Gasteiger partial charge on any atom is -0.383 e. The average Bonchev–Trinajstić information content (AvgIpc) is 2.82. The highest BCUT2D eigenvalue weighted by Crippen LogP contribution is 2.23. The van der Waals surface area contributed by atoms with Gasteiger partial charge < -0.3 is 14.2 Å². The Bertz CT molecular complexity index is 444. The Morgan fingerprint density at radius 3 is 2.89 bits per heavy atom. The first-order valence-corrected chi connectivity index (χ1v) is 6.89. The van der Waals surface area contributed by atoms with E-state index >= 15 is 0 Å². The lowest BCUT2D eigenvalue weighted by molar-refractivity contribution is -0.137. The molecule has 0 N–H and O–H groups in total. The first kappa shape index (κ1) is 14.0. The quantitative estimate of drug-likeness (QED) is 0.775. The fourth-order valence-electron chi connectivity index (χ4n) is 2.44. The van der Waals surface area contributed by atoms with Crippen molar-refractivity contribution in [2.75, 3.05) is 20.3 Å². The fraction of sp³-hybridized carbons (Fsp3) is 0.769. The molecule has 0 saturated carbocycles. The van der Waals surface area contributed by atoms with Crippen molar-refractivity contribution in [2.24, 2.45) is 0 Å². The highest BCUT2D eigenvalue weighted by molar-refractivity contribution is 5.81. The molecule has 2 rings (SSSR count). The number of amides is 1. The zero-order chi connectivity index (χ0) is 13.8. The molecule has 0 saturated heterocycles. The van der Waals surface area contributed by atoms with Gasteiger partial charge in [0.15, 0.2) is 5.82 Å². The van der Waals surface area contributed by atoms with Gasteiger partial charge >= 0.3 is 0 Å². The summed E-state index contributed by atoms with van der Waals surface area (Å²) in [5, 5.41) is 8.47. The molecule has 0 unspecified atom stereocenters. The van der Waals surface area contributed by atoms with E-state index < -0.39 is 0 Å². The number of aryl methyl sites for hydroxylation is 1. The van der Waals surface area contributed by atoms with Gasteiger partial charge in [0.05, 0.1) is 13.2 Å². The molecule has 2 heterocycles. The second-order valence-corrected chi connectivity index (χ2v) is 4.93. The number of rotatable bonds is 6. The van der Waals surface area contributed by atoms with Gasteiger partial charge in [0, 0.05) is 20.1 Å². The van der Waals surface area contributed by atoms with Crippen LogP contribution in [0.25, 0.3) is 0 Å². The van der Waals surface area contributed by atoms with E-state index in [1.165, 1.54) is 0 Å². The molecule has 19 heavy (non-hydrogen) atoms. The van der Waals surface area contributed by atoms with Gasteiger partial charge in [-0.25, -0.2) is 0 Å². The van der Waals surface area contributed by atoms with E-state index in [0.29, 0.717) is 19.7 Å². The van der Waals surface area contributed by atoms with Crippen LogP contribution >= 0.6 is 0 Å². The number of fused-ring (bicyclic) bond motifs is 1. The van der Waals surface area contributed by atoms with Crippen molar-refractivity contribution in [2.45, 2.75) is 45.7 Å². The van der Waals surface area contributed by atoms with Gasteiger partial charge in [-0.1, -0.05) is 13.3 Å². The monoisotopic (exact) mass is 266 g/mol. The van der Waals surface area contributed by atoms with E-state index in [4.69, 9.17) is 4.74 Å². The summed E-state index contributed by atoms with van der Waals surface area (Å²) in [6, 6.07) is -0.206. The third-order valence-electron chi connectivity index (χ3n) is 3.54. The Morgan fingerprint density at radius 1 is 1.42 bits per heavy atom. The summed E-state index contributed by atoms with van der Waals surface area (Å²) in [4.78, 5) is 14.1. The molecule has 1 amide bonds. The minimum absolute atomic E-state index is 0.127. The van der Waals surface area contributed by atoms with Crippen molar-refractivity contribution in [1.82, 2.24) is 19.7 Å². The van der Waals surface area contributed by atoms with Gasteiger partial charge in [0.25, 0.3) is 0 Å². The lowest BCUT2D eigenvalue weighted by atomic mass is 10.2. The van der Waals surface area contributed by atoms with Crippen LogP contribution < -0.4 is 0 Å². The van der Waals surface area contributed by atoms with Gasteiger partial charge in [0.2, 0.25) is 5.91 Å².